The summed E-state index contributed by atoms with van der Waals surface area (Å²) in [6, 6.07) is 13.0. The Bertz CT molecular complexity index is 825. The molecular weight excluding hydrogens is 359 g/mol. The molecule has 0 spiro atoms. The molecule has 0 aliphatic carbocycles. The molecule has 2 saturated heterocycles. The number of likely N-dealkylation sites (tertiary alicyclic amines) is 2. The second-order valence-corrected chi connectivity index (χ2v) is 7.74. The molecule has 28 heavy (non-hydrogen) atoms. The summed E-state index contributed by atoms with van der Waals surface area (Å²) in [6.07, 6.45) is 0.974. The van der Waals surface area contributed by atoms with E-state index in [0.29, 0.717) is 19.6 Å². The molecule has 5 nitrogen and oxygen atoms in total. The van der Waals surface area contributed by atoms with Crippen LogP contribution in [-0.2, 0) is 11.3 Å². The van der Waals surface area contributed by atoms with Gasteiger partial charge in [-0.15, -0.1) is 0 Å². The third-order valence-electron chi connectivity index (χ3n) is 5.93. The molecule has 3 atom stereocenters. The number of amides is 1. The number of aliphatic hydroxyl groups is 1. The third-order valence-corrected chi connectivity index (χ3v) is 5.93. The zero-order chi connectivity index (χ0) is 19.7. The second-order valence-electron chi connectivity index (χ2n) is 7.74. The maximum Gasteiger partial charge on any atom is 0.240 e. The number of hydrogen-bond donors (Lipinski definition) is 2. The largest absolute Gasteiger partial charge is 0.508 e. The summed E-state index contributed by atoms with van der Waals surface area (Å²) in [4.78, 5) is 16.8. The smallest absolute Gasteiger partial charge is 0.240 e. The Balaban J connectivity index is 1.37. The number of phenolic OH excluding ortho intramolecular Hbond substituents is 1. The number of β-amino-alcohol motifs (C(OH)–C–C–N with tert-alkyl or cyclic N) is 1. The molecule has 4 rings (SSSR count). The lowest BCUT2D eigenvalue weighted by Gasteiger charge is -2.38. The van der Waals surface area contributed by atoms with E-state index in [1.807, 2.05) is 17.0 Å². The Morgan fingerprint density at radius 2 is 1.71 bits per heavy atom. The van der Waals surface area contributed by atoms with E-state index in [1.54, 1.807) is 24.3 Å². The zero-order valence-corrected chi connectivity index (χ0v) is 15.7. The number of aromatic hydroxyl groups is 1. The van der Waals surface area contributed by atoms with E-state index >= 15 is 0 Å². The number of piperidine rings is 1. The van der Waals surface area contributed by atoms with Gasteiger partial charge >= 0.3 is 0 Å². The fraction of sp³-hybridized carbons (Fsp3) is 0.409. The number of aliphatic hydroxyl groups excluding tert-OH is 1. The maximum absolute atomic E-state index is 13.1. The molecule has 2 aliphatic rings. The summed E-state index contributed by atoms with van der Waals surface area (Å²) in [7, 11) is 0. The van der Waals surface area contributed by atoms with Crippen molar-refractivity contribution >= 4 is 5.91 Å². The predicted molar refractivity (Wildman–Crippen MR) is 103 cm³/mol. The van der Waals surface area contributed by atoms with Crippen LogP contribution in [0.25, 0.3) is 0 Å². The van der Waals surface area contributed by atoms with Gasteiger partial charge in [0.05, 0.1) is 12.1 Å². The Kier molecular flexibility index (Phi) is 5.33. The Hall–Kier alpha value is -2.44. The summed E-state index contributed by atoms with van der Waals surface area (Å²) in [5.74, 6) is 0.0385. The number of benzene rings is 2. The van der Waals surface area contributed by atoms with Crippen LogP contribution in [0.3, 0.4) is 0 Å². The van der Waals surface area contributed by atoms with E-state index in [-0.39, 0.29) is 29.4 Å². The molecule has 1 unspecified atom stereocenters. The van der Waals surface area contributed by atoms with Crippen LogP contribution < -0.4 is 0 Å². The van der Waals surface area contributed by atoms with Crippen LogP contribution in [-0.4, -0.2) is 57.7 Å². The first-order valence-electron chi connectivity index (χ1n) is 9.75. The normalized spacial score (nSPS) is 26.0. The quantitative estimate of drug-likeness (QED) is 0.850. The number of hydrogen-bond acceptors (Lipinski definition) is 4. The van der Waals surface area contributed by atoms with Gasteiger partial charge < -0.3 is 15.1 Å². The van der Waals surface area contributed by atoms with E-state index in [4.69, 9.17) is 0 Å². The molecule has 2 aromatic carbocycles. The summed E-state index contributed by atoms with van der Waals surface area (Å²) < 4.78 is 13.1. The molecule has 2 fully saturated rings. The molecule has 2 heterocycles. The van der Waals surface area contributed by atoms with Gasteiger partial charge in [-0.25, -0.2) is 4.39 Å². The fourth-order valence-corrected chi connectivity index (χ4v) is 4.38. The molecule has 2 N–H and O–H groups in total. The van der Waals surface area contributed by atoms with E-state index in [1.165, 1.54) is 12.1 Å². The van der Waals surface area contributed by atoms with Crippen LogP contribution in [0.2, 0.25) is 0 Å². The van der Waals surface area contributed by atoms with E-state index in [2.05, 4.69) is 4.90 Å². The first kappa shape index (κ1) is 18.9. The highest BCUT2D eigenvalue weighted by atomic mass is 19.1. The van der Waals surface area contributed by atoms with Crippen molar-refractivity contribution in [3.8, 4) is 5.75 Å². The minimum absolute atomic E-state index is 0.0173. The highest BCUT2D eigenvalue weighted by Crippen LogP contribution is 2.32. The van der Waals surface area contributed by atoms with Crippen LogP contribution in [0.5, 0.6) is 5.75 Å². The van der Waals surface area contributed by atoms with Crippen molar-refractivity contribution in [3.63, 3.8) is 0 Å². The lowest BCUT2D eigenvalue weighted by atomic mass is 9.86. The summed E-state index contributed by atoms with van der Waals surface area (Å²) in [5.41, 5.74) is 1.93. The Morgan fingerprint density at radius 1 is 1.00 bits per heavy atom. The van der Waals surface area contributed by atoms with Crippen molar-refractivity contribution in [2.24, 2.45) is 0 Å². The molecule has 2 aromatic rings. The molecule has 1 amide bonds. The highest BCUT2D eigenvalue weighted by Gasteiger charge is 2.39. The molecule has 0 radical (unpaired) electrons. The Morgan fingerprint density at radius 3 is 2.39 bits per heavy atom. The van der Waals surface area contributed by atoms with Crippen LogP contribution in [0.15, 0.2) is 48.5 Å². The van der Waals surface area contributed by atoms with Gasteiger partial charge in [-0.2, -0.15) is 0 Å². The number of phenols is 1. The molecule has 0 bridgehead atoms. The maximum atomic E-state index is 13.1. The molecule has 148 valence electrons. The SMILES string of the molecule is O=C1C(N2CC[C@@H](c3ccc(O)cc3)[C@@H](O)C2)CCN1Cc1ccc(F)cc1. The molecule has 2 aliphatic heterocycles. The van der Waals surface area contributed by atoms with Crippen molar-refractivity contribution in [1.29, 1.82) is 0 Å². The lowest BCUT2D eigenvalue weighted by molar-refractivity contribution is -0.133. The zero-order valence-electron chi connectivity index (χ0n) is 15.7. The van der Waals surface area contributed by atoms with E-state index in [9.17, 15) is 19.4 Å². The topological polar surface area (TPSA) is 64.0 Å². The van der Waals surface area contributed by atoms with Crippen LogP contribution in [0.4, 0.5) is 4.39 Å². The molecular formula is C22H25FN2O3. The first-order chi connectivity index (χ1) is 13.5. The predicted octanol–water partition coefficient (Wildman–Crippen LogP) is 2.48. The Labute approximate surface area is 164 Å². The van der Waals surface area contributed by atoms with Gasteiger partial charge in [0.2, 0.25) is 5.91 Å². The van der Waals surface area contributed by atoms with Crippen molar-refractivity contribution in [3.05, 3.63) is 65.5 Å². The van der Waals surface area contributed by atoms with Gasteiger partial charge in [-0.3, -0.25) is 9.69 Å². The van der Waals surface area contributed by atoms with Crippen molar-refractivity contribution in [1.82, 2.24) is 9.80 Å². The standard InChI is InChI=1S/C22H25FN2O3/c23-17-5-1-15(2-6-17)13-25-12-10-20(22(25)28)24-11-9-19(21(27)14-24)16-3-7-18(26)8-4-16/h1-8,19-21,26-27H,9-14H2/t19-,20?,21-/m0/s1. The summed E-state index contributed by atoms with van der Waals surface area (Å²) in [5, 5.41) is 20.1. The summed E-state index contributed by atoms with van der Waals surface area (Å²) in [6.45, 7) is 2.38. The van der Waals surface area contributed by atoms with Crippen molar-refractivity contribution < 1.29 is 19.4 Å². The van der Waals surface area contributed by atoms with Gasteiger partial charge in [0.15, 0.2) is 0 Å². The van der Waals surface area contributed by atoms with Gasteiger partial charge in [-0.05, 0) is 54.8 Å². The van der Waals surface area contributed by atoms with Crippen LogP contribution in [0.1, 0.15) is 29.9 Å². The average Bonchev–Trinajstić information content (AvgIpc) is 3.05. The monoisotopic (exact) mass is 384 g/mol. The van der Waals surface area contributed by atoms with Crippen molar-refractivity contribution in [2.45, 2.75) is 37.5 Å². The van der Waals surface area contributed by atoms with Gasteiger partial charge in [0.1, 0.15) is 11.6 Å². The minimum Gasteiger partial charge on any atom is -0.508 e. The number of carbonyl (C=O) groups is 1. The number of halogens is 1. The lowest BCUT2D eigenvalue weighted by Crippen LogP contribution is -2.50. The van der Waals surface area contributed by atoms with Gasteiger partial charge in [-0.1, -0.05) is 24.3 Å². The second kappa shape index (κ2) is 7.89. The first-order valence-corrected chi connectivity index (χ1v) is 9.75. The minimum atomic E-state index is -0.544. The number of nitrogens with zero attached hydrogens (tertiary/aromatic N) is 2. The van der Waals surface area contributed by atoms with Crippen molar-refractivity contribution in [2.75, 3.05) is 19.6 Å². The summed E-state index contributed by atoms with van der Waals surface area (Å²) >= 11 is 0. The van der Waals surface area contributed by atoms with Gasteiger partial charge in [0.25, 0.3) is 0 Å². The van der Waals surface area contributed by atoms with Crippen LogP contribution >= 0.6 is 0 Å². The molecule has 0 aromatic heterocycles. The fourth-order valence-electron chi connectivity index (χ4n) is 4.38. The third kappa shape index (κ3) is 3.88. The highest BCUT2D eigenvalue weighted by molar-refractivity contribution is 5.84. The van der Waals surface area contributed by atoms with E-state index in [0.717, 1.165) is 30.5 Å². The average molecular weight is 384 g/mol. The van der Waals surface area contributed by atoms with E-state index < -0.39 is 6.10 Å². The number of rotatable bonds is 4. The van der Waals surface area contributed by atoms with Crippen LogP contribution in [0, 0.1) is 5.82 Å². The number of carbonyl (C=O) groups excluding carboxylic acids is 1. The molecule has 6 heteroatoms. The van der Waals surface area contributed by atoms with Gasteiger partial charge in [0, 0.05) is 25.6 Å². The molecule has 0 saturated carbocycles.